The van der Waals surface area contributed by atoms with Crippen molar-refractivity contribution in [2.45, 2.75) is 12.8 Å². The first kappa shape index (κ1) is 11.7. The van der Waals surface area contributed by atoms with Gasteiger partial charge in [0.15, 0.2) is 5.69 Å². The van der Waals surface area contributed by atoms with Crippen LogP contribution in [0.5, 0.6) is 0 Å². The molecule has 2 rings (SSSR count). The van der Waals surface area contributed by atoms with Crippen LogP contribution in [0.4, 0.5) is 14.7 Å². The van der Waals surface area contributed by atoms with E-state index in [2.05, 4.69) is 9.97 Å². The minimum Gasteiger partial charge on any atom is -0.461 e. The minimum absolute atomic E-state index is 0.0760. The lowest BCUT2D eigenvalue weighted by atomic mass is 10.2. The van der Waals surface area contributed by atoms with E-state index in [-0.39, 0.29) is 18.2 Å². The molecule has 1 saturated heterocycles. The fourth-order valence-corrected chi connectivity index (χ4v) is 1.47. The zero-order chi connectivity index (χ0) is 12.5. The first-order valence-corrected chi connectivity index (χ1v) is 5.15. The highest BCUT2D eigenvalue weighted by molar-refractivity contribution is 5.87. The molecule has 5 nitrogen and oxygen atoms in total. The Bertz CT molecular complexity index is 431. The number of hydrogen-bond acceptors (Lipinski definition) is 5. The maximum atomic E-state index is 12.7. The summed E-state index contributed by atoms with van der Waals surface area (Å²) in [7, 11) is 0. The van der Waals surface area contributed by atoms with Crippen molar-refractivity contribution in [1.29, 1.82) is 0 Å². The van der Waals surface area contributed by atoms with Crippen molar-refractivity contribution < 1.29 is 18.3 Å². The Morgan fingerprint density at radius 3 is 2.88 bits per heavy atom. The number of alkyl halides is 2. The number of rotatable bonds is 3. The second-order valence-corrected chi connectivity index (χ2v) is 3.67. The van der Waals surface area contributed by atoms with E-state index in [1.165, 1.54) is 17.2 Å². The first-order valence-electron chi connectivity index (χ1n) is 5.15. The molecule has 0 bridgehead atoms. The SMILES string of the molecule is CCOC(=O)c1ccnc(N2CC(F)(F)C2)n1. The molecule has 0 aliphatic carbocycles. The summed E-state index contributed by atoms with van der Waals surface area (Å²) in [5.74, 6) is -3.14. The largest absolute Gasteiger partial charge is 0.461 e. The van der Waals surface area contributed by atoms with Crippen molar-refractivity contribution in [3.8, 4) is 0 Å². The Kier molecular flexibility index (Phi) is 2.91. The molecule has 0 N–H and O–H groups in total. The van der Waals surface area contributed by atoms with Gasteiger partial charge in [0.1, 0.15) is 0 Å². The lowest BCUT2D eigenvalue weighted by Crippen LogP contribution is -2.57. The van der Waals surface area contributed by atoms with E-state index in [4.69, 9.17) is 4.74 Å². The molecule has 1 aliphatic rings. The number of nitrogens with zero attached hydrogens (tertiary/aromatic N) is 3. The predicted octanol–water partition coefficient (Wildman–Crippen LogP) is 1.11. The Morgan fingerprint density at radius 2 is 2.29 bits per heavy atom. The van der Waals surface area contributed by atoms with Gasteiger partial charge in [-0.3, -0.25) is 0 Å². The number of hydrogen-bond donors (Lipinski definition) is 0. The van der Waals surface area contributed by atoms with Gasteiger partial charge in [-0.1, -0.05) is 0 Å². The molecule has 1 aromatic heterocycles. The van der Waals surface area contributed by atoms with Crippen LogP contribution >= 0.6 is 0 Å². The summed E-state index contributed by atoms with van der Waals surface area (Å²) in [4.78, 5) is 20.4. The smallest absolute Gasteiger partial charge is 0.357 e. The molecular formula is C10H11F2N3O2. The monoisotopic (exact) mass is 243 g/mol. The number of anilines is 1. The van der Waals surface area contributed by atoms with Crippen LogP contribution in [0.25, 0.3) is 0 Å². The van der Waals surface area contributed by atoms with Gasteiger partial charge in [0.05, 0.1) is 19.7 Å². The molecule has 1 aromatic rings. The van der Waals surface area contributed by atoms with Crippen LogP contribution in [-0.2, 0) is 4.74 Å². The second kappa shape index (κ2) is 4.23. The molecule has 0 saturated carbocycles. The molecule has 0 atom stereocenters. The fraction of sp³-hybridized carbons (Fsp3) is 0.500. The fourth-order valence-electron chi connectivity index (χ4n) is 1.47. The summed E-state index contributed by atoms with van der Waals surface area (Å²) < 4.78 is 30.1. The van der Waals surface area contributed by atoms with Gasteiger partial charge < -0.3 is 9.64 Å². The molecule has 92 valence electrons. The van der Waals surface area contributed by atoms with Crippen molar-refractivity contribution >= 4 is 11.9 Å². The second-order valence-electron chi connectivity index (χ2n) is 3.67. The van der Waals surface area contributed by atoms with Gasteiger partial charge in [-0.2, -0.15) is 0 Å². The lowest BCUT2D eigenvalue weighted by molar-refractivity contribution is -0.0271. The van der Waals surface area contributed by atoms with Gasteiger partial charge in [-0.15, -0.1) is 0 Å². The average Bonchev–Trinajstić information content (AvgIpc) is 2.26. The molecule has 0 spiro atoms. The highest BCUT2D eigenvalue weighted by Gasteiger charge is 2.45. The third-order valence-corrected chi connectivity index (χ3v) is 2.25. The Morgan fingerprint density at radius 1 is 1.59 bits per heavy atom. The van der Waals surface area contributed by atoms with Crippen molar-refractivity contribution in [3.05, 3.63) is 18.0 Å². The van der Waals surface area contributed by atoms with Gasteiger partial charge in [-0.25, -0.2) is 23.5 Å². The number of carbonyl (C=O) groups excluding carboxylic acids is 1. The molecule has 0 radical (unpaired) electrons. The third-order valence-electron chi connectivity index (χ3n) is 2.25. The van der Waals surface area contributed by atoms with E-state index in [1.807, 2.05) is 0 Å². The van der Waals surface area contributed by atoms with E-state index in [0.29, 0.717) is 0 Å². The summed E-state index contributed by atoms with van der Waals surface area (Å²) in [6.07, 6.45) is 1.35. The quantitative estimate of drug-likeness (QED) is 0.744. The molecular weight excluding hydrogens is 232 g/mol. The normalized spacial score (nSPS) is 17.5. The standard InChI is InChI=1S/C10H11F2N3O2/c1-2-17-8(16)7-3-4-13-9(14-7)15-5-10(11,12)6-15/h3-4H,2,5-6H2,1H3. The van der Waals surface area contributed by atoms with Crippen LogP contribution in [0.2, 0.25) is 0 Å². The van der Waals surface area contributed by atoms with Crippen LogP contribution in [0, 0.1) is 0 Å². The zero-order valence-electron chi connectivity index (χ0n) is 9.19. The Labute approximate surface area is 96.4 Å². The minimum atomic E-state index is -2.69. The number of esters is 1. The van der Waals surface area contributed by atoms with Gasteiger partial charge in [0, 0.05) is 6.20 Å². The average molecular weight is 243 g/mol. The van der Waals surface area contributed by atoms with E-state index < -0.39 is 25.0 Å². The van der Waals surface area contributed by atoms with Gasteiger partial charge in [0.2, 0.25) is 5.95 Å². The molecule has 1 aliphatic heterocycles. The number of aromatic nitrogens is 2. The van der Waals surface area contributed by atoms with E-state index in [0.717, 1.165) is 0 Å². The highest BCUT2D eigenvalue weighted by atomic mass is 19.3. The summed E-state index contributed by atoms with van der Waals surface area (Å²) in [6.45, 7) is 1.08. The lowest BCUT2D eigenvalue weighted by Gasteiger charge is -2.38. The van der Waals surface area contributed by atoms with Crippen molar-refractivity contribution in [2.75, 3.05) is 24.6 Å². The van der Waals surface area contributed by atoms with Gasteiger partial charge in [-0.05, 0) is 13.0 Å². The van der Waals surface area contributed by atoms with Crippen molar-refractivity contribution in [1.82, 2.24) is 9.97 Å². The van der Waals surface area contributed by atoms with Crippen molar-refractivity contribution in [3.63, 3.8) is 0 Å². The van der Waals surface area contributed by atoms with Crippen LogP contribution < -0.4 is 4.90 Å². The van der Waals surface area contributed by atoms with Crippen LogP contribution in [0.15, 0.2) is 12.3 Å². The number of carbonyl (C=O) groups is 1. The summed E-state index contributed by atoms with van der Waals surface area (Å²) in [5, 5.41) is 0. The molecule has 1 fully saturated rings. The third kappa shape index (κ3) is 2.48. The highest BCUT2D eigenvalue weighted by Crippen LogP contribution is 2.29. The summed E-state index contributed by atoms with van der Waals surface area (Å²) in [5.41, 5.74) is 0.0760. The molecule has 0 unspecified atom stereocenters. The predicted molar refractivity (Wildman–Crippen MR) is 55.1 cm³/mol. The maximum Gasteiger partial charge on any atom is 0.357 e. The van der Waals surface area contributed by atoms with E-state index in [9.17, 15) is 13.6 Å². The maximum absolute atomic E-state index is 12.7. The Balaban J connectivity index is 2.10. The summed E-state index contributed by atoms with van der Waals surface area (Å²) in [6, 6.07) is 1.39. The first-order chi connectivity index (χ1) is 8.02. The topological polar surface area (TPSA) is 55.3 Å². The Hall–Kier alpha value is -1.79. The molecule has 0 aromatic carbocycles. The number of halogens is 2. The molecule has 2 heterocycles. The van der Waals surface area contributed by atoms with E-state index >= 15 is 0 Å². The van der Waals surface area contributed by atoms with Gasteiger partial charge >= 0.3 is 5.97 Å². The molecule has 7 heteroatoms. The number of ether oxygens (including phenoxy) is 1. The van der Waals surface area contributed by atoms with Gasteiger partial charge in [0.25, 0.3) is 5.92 Å². The van der Waals surface area contributed by atoms with E-state index in [1.54, 1.807) is 6.92 Å². The zero-order valence-corrected chi connectivity index (χ0v) is 9.19. The molecule has 17 heavy (non-hydrogen) atoms. The van der Waals surface area contributed by atoms with Crippen LogP contribution in [0.1, 0.15) is 17.4 Å². The van der Waals surface area contributed by atoms with Crippen LogP contribution in [0.3, 0.4) is 0 Å². The molecule has 0 amide bonds. The summed E-state index contributed by atoms with van der Waals surface area (Å²) >= 11 is 0. The van der Waals surface area contributed by atoms with Crippen LogP contribution in [-0.4, -0.2) is 41.6 Å². The van der Waals surface area contributed by atoms with Crippen molar-refractivity contribution in [2.24, 2.45) is 0 Å².